The molecule has 1 heterocycles. The Morgan fingerprint density at radius 3 is 2.55 bits per heavy atom. The molecule has 1 N–H and O–H groups in total. The summed E-state index contributed by atoms with van der Waals surface area (Å²) < 4.78 is 12.3. The molecule has 4 rings (SSSR count). The zero-order chi connectivity index (χ0) is 20.5. The van der Waals surface area contributed by atoms with Gasteiger partial charge in [0.15, 0.2) is 11.5 Å². The Hall–Kier alpha value is -2.21. The van der Waals surface area contributed by atoms with Crippen molar-refractivity contribution >= 4 is 50.2 Å². The van der Waals surface area contributed by atoms with Crippen LogP contribution in [0.5, 0.6) is 11.5 Å². The number of rotatable bonds is 5. The highest BCUT2D eigenvalue weighted by Gasteiger charge is 2.16. The van der Waals surface area contributed by atoms with E-state index < -0.39 is 0 Å². The summed E-state index contributed by atoms with van der Waals surface area (Å²) in [5.41, 5.74) is 4.68. The van der Waals surface area contributed by atoms with Gasteiger partial charge in [0.2, 0.25) is 0 Å². The van der Waals surface area contributed by atoms with E-state index in [9.17, 15) is 0 Å². The Kier molecular flexibility index (Phi) is 5.72. The number of fused-ring (bicyclic) bond motifs is 1. The first-order valence-electron chi connectivity index (χ1n) is 8.86. The lowest BCUT2D eigenvalue weighted by atomic mass is 10.2. The summed E-state index contributed by atoms with van der Waals surface area (Å²) in [5, 5.41) is 1.11. The Morgan fingerprint density at radius 2 is 1.83 bits per heavy atom. The quantitative estimate of drug-likeness (QED) is 0.321. The summed E-state index contributed by atoms with van der Waals surface area (Å²) in [6, 6.07) is 15.3. The Labute approximate surface area is 186 Å². The maximum Gasteiger partial charge on any atom is 0.175 e. The van der Waals surface area contributed by atoms with Crippen molar-refractivity contribution in [1.82, 2.24) is 9.97 Å². The lowest BCUT2D eigenvalue weighted by Crippen LogP contribution is -2.00. The molecule has 0 amide bonds. The van der Waals surface area contributed by atoms with Crippen LogP contribution in [0.2, 0.25) is 10.0 Å². The van der Waals surface area contributed by atoms with Gasteiger partial charge < -0.3 is 14.5 Å². The molecule has 0 saturated carbocycles. The Bertz CT molecular complexity index is 1190. The minimum absolute atomic E-state index is 0.219. The minimum Gasteiger partial charge on any atom is -0.493 e. The molecule has 29 heavy (non-hydrogen) atoms. The fourth-order valence-electron chi connectivity index (χ4n) is 3.07. The van der Waals surface area contributed by atoms with Crippen molar-refractivity contribution in [3.8, 4) is 22.9 Å². The highest BCUT2D eigenvalue weighted by atomic mass is 79.9. The molecule has 4 aromatic rings. The number of halogens is 3. The van der Waals surface area contributed by atoms with E-state index in [0.29, 0.717) is 21.5 Å². The average molecular weight is 492 g/mol. The number of methoxy groups -OCH3 is 1. The number of aryl methyl sites for hydroxylation is 1. The fourth-order valence-corrected chi connectivity index (χ4v) is 4.13. The van der Waals surface area contributed by atoms with Crippen LogP contribution in [0.25, 0.3) is 22.4 Å². The molecule has 0 unspecified atom stereocenters. The van der Waals surface area contributed by atoms with E-state index >= 15 is 0 Å². The molecule has 0 bridgehead atoms. The monoisotopic (exact) mass is 490 g/mol. The SMILES string of the molecule is COc1cc(-c2nc3ccc(C)cc3[nH]2)cc(Br)c1OCc1c(Cl)cccc1Cl. The minimum atomic E-state index is 0.219. The van der Waals surface area contributed by atoms with Crippen molar-refractivity contribution in [2.24, 2.45) is 0 Å². The number of aromatic amines is 1. The van der Waals surface area contributed by atoms with E-state index in [1.807, 2.05) is 24.3 Å². The second kappa shape index (κ2) is 8.27. The molecular formula is C22H17BrCl2N2O2. The van der Waals surface area contributed by atoms with Crippen LogP contribution in [0.4, 0.5) is 0 Å². The summed E-state index contributed by atoms with van der Waals surface area (Å²) in [7, 11) is 1.60. The largest absolute Gasteiger partial charge is 0.493 e. The molecule has 0 spiro atoms. The molecule has 0 fully saturated rings. The number of hydrogen-bond donors (Lipinski definition) is 1. The van der Waals surface area contributed by atoms with Gasteiger partial charge in [0.25, 0.3) is 0 Å². The van der Waals surface area contributed by atoms with E-state index in [1.54, 1.807) is 25.3 Å². The normalized spacial score (nSPS) is 11.1. The van der Waals surface area contributed by atoms with Crippen molar-refractivity contribution in [3.05, 3.63) is 74.2 Å². The highest BCUT2D eigenvalue weighted by Crippen LogP contribution is 2.40. The summed E-state index contributed by atoms with van der Waals surface area (Å²) in [4.78, 5) is 8.04. The maximum absolute atomic E-state index is 6.24. The smallest absolute Gasteiger partial charge is 0.175 e. The third kappa shape index (κ3) is 4.08. The van der Waals surface area contributed by atoms with Gasteiger partial charge in [-0.05, 0) is 64.8 Å². The number of nitrogens with zero attached hydrogens (tertiary/aromatic N) is 1. The van der Waals surface area contributed by atoms with E-state index in [0.717, 1.165) is 32.5 Å². The van der Waals surface area contributed by atoms with Gasteiger partial charge in [0.05, 0.1) is 22.6 Å². The predicted molar refractivity (Wildman–Crippen MR) is 121 cm³/mol. The first kappa shape index (κ1) is 20.1. The van der Waals surface area contributed by atoms with Crippen LogP contribution < -0.4 is 9.47 Å². The summed E-state index contributed by atoms with van der Waals surface area (Å²) in [6.07, 6.45) is 0. The number of H-pyrrole nitrogens is 1. The third-order valence-electron chi connectivity index (χ3n) is 4.56. The standard InChI is InChI=1S/C22H17BrCl2N2O2/c1-12-6-7-18-19(8-12)27-22(26-18)13-9-15(23)21(20(10-13)28-2)29-11-14-16(24)4-3-5-17(14)25/h3-10H,11H2,1-2H3,(H,26,27). The molecule has 148 valence electrons. The van der Waals surface area contributed by atoms with Gasteiger partial charge in [-0.2, -0.15) is 0 Å². The zero-order valence-corrected chi connectivity index (χ0v) is 18.8. The van der Waals surface area contributed by atoms with Crippen molar-refractivity contribution in [3.63, 3.8) is 0 Å². The van der Waals surface area contributed by atoms with Crippen LogP contribution >= 0.6 is 39.1 Å². The number of benzene rings is 3. The second-order valence-corrected chi connectivity index (χ2v) is 8.25. The lowest BCUT2D eigenvalue weighted by molar-refractivity contribution is 0.283. The van der Waals surface area contributed by atoms with Crippen LogP contribution in [0, 0.1) is 6.92 Å². The van der Waals surface area contributed by atoms with Crippen LogP contribution in [0.3, 0.4) is 0 Å². The summed E-state index contributed by atoms with van der Waals surface area (Å²) in [5.74, 6) is 1.90. The molecule has 0 atom stereocenters. The van der Waals surface area contributed by atoms with Crippen LogP contribution in [-0.4, -0.2) is 17.1 Å². The lowest BCUT2D eigenvalue weighted by Gasteiger charge is -2.15. The molecule has 0 aliphatic carbocycles. The molecule has 0 aliphatic rings. The first-order chi connectivity index (χ1) is 14.0. The van der Waals surface area contributed by atoms with Gasteiger partial charge in [0.1, 0.15) is 12.4 Å². The summed E-state index contributed by atoms with van der Waals surface area (Å²) >= 11 is 16.1. The van der Waals surface area contributed by atoms with Gasteiger partial charge in [0, 0.05) is 21.2 Å². The van der Waals surface area contributed by atoms with Crippen molar-refractivity contribution < 1.29 is 9.47 Å². The molecule has 0 saturated heterocycles. The van der Waals surface area contributed by atoms with Gasteiger partial charge in [-0.3, -0.25) is 0 Å². The van der Waals surface area contributed by atoms with Gasteiger partial charge in [-0.25, -0.2) is 4.98 Å². The third-order valence-corrected chi connectivity index (χ3v) is 5.86. The number of aromatic nitrogens is 2. The van der Waals surface area contributed by atoms with E-state index in [1.165, 1.54) is 5.56 Å². The van der Waals surface area contributed by atoms with Gasteiger partial charge in [-0.15, -0.1) is 0 Å². The number of imidazole rings is 1. The van der Waals surface area contributed by atoms with E-state index in [-0.39, 0.29) is 6.61 Å². The summed E-state index contributed by atoms with van der Waals surface area (Å²) in [6.45, 7) is 2.27. The van der Waals surface area contributed by atoms with Crippen LogP contribution in [-0.2, 0) is 6.61 Å². The molecule has 4 nitrogen and oxygen atoms in total. The molecule has 0 aliphatic heterocycles. The molecule has 7 heteroatoms. The van der Waals surface area contributed by atoms with Crippen molar-refractivity contribution in [2.45, 2.75) is 13.5 Å². The van der Waals surface area contributed by atoms with Gasteiger partial charge in [-0.1, -0.05) is 35.3 Å². The van der Waals surface area contributed by atoms with Crippen LogP contribution in [0.15, 0.2) is 53.0 Å². The molecule has 0 radical (unpaired) electrons. The first-order valence-corrected chi connectivity index (χ1v) is 10.4. The average Bonchev–Trinajstić information content (AvgIpc) is 3.11. The predicted octanol–water partition coefficient (Wildman–Crippen LogP) is 7.20. The van der Waals surface area contributed by atoms with Crippen molar-refractivity contribution in [1.29, 1.82) is 0 Å². The Balaban J connectivity index is 1.68. The number of nitrogens with one attached hydrogen (secondary N) is 1. The fraction of sp³-hybridized carbons (Fsp3) is 0.136. The maximum atomic E-state index is 6.24. The van der Waals surface area contributed by atoms with Crippen molar-refractivity contribution in [2.75, 3.05) is 7.11 Å². The van der Waals surface area contributed by atoms with E-state index in [2.05, 4.69) is 38.9 Å². The topological polar surface area (TPSA) is 47.1 Å². The van der Waals surface area contributed by atoms with Crippen LogP contribution in [0.1, 0.15) is 11.1 Å². The second-order valence-electron chi connectivity index (χ2n) is 6.58. The van der Waals surface area contributed by atoms with Gasteiger partial charge >= 0.3 is 0 Å². The Morgan fingerprint density at radius 1 is 1.07 bits per heavy atom. The number of hydrogen-bond acceptors (Lipinski definition) is 3. The molecule has 1 aromatic heterocycles. The van der Waals surface area contributed by atoms with E-state index in [4.69, 9.17) is 32.7 Å². The highest BCUT2D eigenvalue weighted by molar-refractivity contribution is 9.10. The molecular weight excluding hydrogens is 475 g/mol. The molecule has 3 aromatic carbocycles. The number of ether oxygens (including phenoxy) is 2. The zero-order valence-electron chi connectivity index (χ0n) is 15.7.